The Bertz CT molecular complexity index is 943. The van der Waals surface area contributed by atoms with Crippen LogP contribution in [0.1, 0.15) is 28.4 Å². The van der Waals surface area contributed by atoms with Gasteiger partial charge in [-0.2, -0.15) is 5.10 Å². The summed E-state index contributed by atoms with van der Waals surface area (Å²) in [4.78, 5) is 34.8. The minimum atomic E-state index is -0.597. The predicted octanol–water partition coefficient (Wildman–Crippen LogP) is 1.14. The highest BCUT2D eigenvalue weighted by atomic mass is 16.5. The molecule has 0 fully saturated rings. The molecule has 3 amide bonds. The molecular weight excluding hydrogens is 388 g/mol. The number of nitrogens with one attached hydrogen (secondary N) is 2. The van der Waals surface area contributed by atoms with Crippen molar-refractivity contribution in [3.05, 3.63) is 59.2 Å². The van der Waals surface area contributed by atoms with Crippen LogP contribution in [0.25, 0.3) is 0 Å². The van der Waals surface area contributed by atoms with Crippen LogP contribution in [0.4, 0.5) is 0 Å². The number of rotatable bonds is 10. The minimum Gasteiger partial charge on any atom is -0.490 e. The van der Waals surface area contributed by atoms with Gasteiger partial charge in [0.25, 0.3) is 17.7 Å². The third-order valence-electron chi connectivity index (χ3n) is 3.73. The zero-order valence-corrected chi connectivity index (χ0v) is 16.8. The van der Waals surface area contributed by atoms with E-state index in [9.17, 15) is 14.4 Å². The lowest BCUT2D eigenvalue weighted by molar-refractivity contribution is -0.120. The van der Waals surface area contributed by atoms with E-state index in [1.807, 2.05) is 19.9 Å². The summed E-state index contributed by atoms with van der Waals surface area (Å²) in [5, 5.41) is 6.40. The fourth-order valence-corrected chi connectivity index (χ4v) is 2.41. The number of amides is 3. The summed E-state index contributed by atoms with van der Waals surface area (Å²) in [6.45, 7) is 3.60. The lowest BCUT2D eigenvalue weighted by atomic mass is 10.1. The normalized spacial score (nSPS) is 10.5. The molecule has 2 rings (SSSR count). The number of hydrogen-bond acceptors (Lipinski definition) is 6. The maximum atomic E-state index is 12.0. The number of carbonyl (C=O) groups is 3. The van der Waals surface area contributed by atoms with Crippen LogP contribution in [-0.2, 0) is 9.59 Å². The Kier molecular flexibility index (Phi) is 8.37. The lowest BCUT2D eigenvalue weighted by Gasteiger charge is -2.11. The molecular formula is C21H24N4O5. The van der Waals surface area contributed by atoms with Crippen molar-refractivity contribution in [2.75, 3.05) is 19.8 Å². The number of hydrazone groups is 1. The van der Waals surface area contributed by atoms with E-state index in [1.165, 1.54) is 6.21 Å². The number of hydrogen-bond donors (Lipinski definition) is 3. The van der Waals surface area contributed by atoms with Crippen molar-refractivity contribution in [2.45, 2.75) is 13.8 Å². The fourth-order valence-electron chi connectivity index (χ4n) is 2.41. The summed E-state index contributed by atoms with van der Waals surface area (Å²) in [5.41, 5.74) is 9.48. The molecule has 0 aliphatic carbocycles. The standard InChI is InChI=1S/C21H24N4O5/c1-3-29-18-10-15(7-8-17(18)30-13-19(22)26)11-24-25-20(27)12-23-21(28)16-6-4-5-14(2)9-16/h4-11H,3,12-13H2,1-2H3,(H2,22,26)(H,23,28)(H,25,27). The number of ether oxygens (including phenoxy) is 2. The first-order valence-electron chi connectivity index (χ1n) is 9.23. The Morgan fingerprint density at radius 2 is 1.90 bits per heavy atom. The Labute approximate surface area is 174 Å². The molecule has 158 valence electrons. The van der Waals surface area contributed by atoms with Gasteiger partial charge in [0, 0.05) is 5.56 Å². The second-order valence-corrected chi connectivity index (χ2v) is 6.24. The Morgan fingerprint density at radius 3 is 2.60 bits per heavy atom. The van der Waals surface area contributed by atoms with Crippen molar-refractivity contribution in [1.82, 2.24) is 10.7 Å². The number of primary amides is 1. The molecule has 0 saturated carbocycles. The van der Waals surface area contributed by atoms with Crippen molar-refractivity contribution < 1.29 is 23.9 Å². The minimum absolute atomic E-state index is 0.214. The van der Waals surface area contributed by atoms with Gasteiger partial charge in [0.1, 0.15) is 0 Å². The highest BCUT2D eigenvalue weighted by molar-refractivity contribution is 5.96. The zero-order chi connectivity index (χ0) is 21.9. The number of carbonyl (C=O) groups excluding carboxylic acids is 3. The first-order valence-corrected chi connectivity index (χ1v) is 9.23. The molecule has 0 aliphatic heterocycles. The molecule has 0 bridgehead atoms. The lowest BCUT2D eigenvalue weighted by Crippen LogP contribution is -2.34. The molecule has 0 spiro atoms. The average molecular weight is 412 g/mol. The van der Waals surface area contributed by atoms with Crippen LogP contribution in [0.2, 0.25) is 0 Å². The van der Waals surface area contributed by atoms with E-state index in [0.717, 1.165) is 5.56 Å². The number of nitrogens with two attached hydrogens (primary N) is 1. The molecule has 9 heteroatoms. The molecule has 0 aliphatic rings. The molecule has 0 atom stereocenters. The van der Waals surface area contributed by atoms with E-state index < -0.39 is 11.8 Å². The van der Waals surface area contributed by atoms with Crippen molar-refractivity contribution in [3.63, 3.8) is 0 Å². The Morgan fingerprint density at radius 1 is 1.10 bits per heavy atom. The second-order valence-electron chi connectivity index (χ2n) is 6.24. The van der Waals surface area contributed by atoms with Crippen molar-refractivity contribution in [2.24, 2.45) is 10.8 Å². The highest BCUT2D eigenvalue weighted by Gasteiger charge is 2.09. The van der Waals surface area contributed by atoms with Crippen molar-refractivity contribution >= 4 is 23.9 Å². The third kappa shape index (κ3) is 7.27. The number of nitrogens with zero attached hydrogens (tertiary/aromatic N) is 1. The van der Waals surface area contributed by atoms with Crippen LogP contribution in [-0.4, -0.2) is 43.7 Å². The van der Waals surface area contributed by atoms with Crippen LogP contribution in [0, 0.1) is 6.92 Å². The van der Waals surface area contributed by atoms with Crippen LogP contribution in [0.15, 0.2) is 47.6 Å². The fraction of sp³-hybridized carbons (Fsp3) is 0.238. The summed E-state index contributed by atoms with van der Waals surface area (Å²) < 4.78 is 10.8. The molecule has 2 aromatic carbocycles. The summed E-state index contributed by atoms with van der Waals surface area (Å²) in [5.74, 6) is -0.625. The smallest absolute Gasteiger partial charge is 0.259 e. The van der Waals surface area contributed by atoms with E-state index in [1.54, 1.807) is 36.4 Å². The first-order chi connectivity index (χ1) is 14.4. The Balaban J connectivity index is 1.89. The van der Waals surface area contributed by atoms with Crippen molar-refractivity contribution in [3.8, 4) is 11.5 Å². The van der Waals surface area contributed by atoms with Crippen LogP contribution >= 0.6 is 0 Å². The molecule has 2 aromatic rings. The molecule has 0 heterocycles. The largest absolute Gasteiger partial charge is 0.490 e. The van der Waals surface area contributed by atoms with Crippen LogP contribution in [0.5, 0.6) is 11.5 Å². The van der Waals surface area contributed by atoms with E-state index in [2.05, 4.69) is 15.8 Å². The van der Waals surface area contributed by atoms with Crippen LogP contribution in [0.3, 0.4) is 0 Å². The van der Waals surface area contributed by atoms with Gasteiger partial charge in [-0.05, 0) is 49.7 Å². The van der Waals surface area contributed by atoms with E-state index in [-0.39, 0.29) is 19.1 Å². The molecule has 0 radical (unpaired) electrons. The maximum Gasteiger partial charge on any atom is 0.259 e. The second kappa shape index (κ2) is 11.2. The molecule has 9 nitrogen and oxygen atoms in total. The maximum absolute atomic E-state index is 12.0. The number of benzene rings is 2. The van der Waals surface area contributed by atoms with Gasteiger partial charge >= 0.3 is 0 Å². The van der Waals surface area contributed by atoms with Gasteiger partial charge in [0.05, 0.1) is 19.4 Å². The van der Waals surface area contributed by atoms with E-state index in [4.69, 9.17) is 15.2 Å². The number of aryl methyl sites for hydroxylation is 1. The van der Waals surface area contributed by atoms with Gasteiger partial charge < -0.3 is 20.5 Å². The first kappa shape index (κ1) is 22.4. The van der Waals surface area contributed by atoms with Crippen molar-refractivity contribution in [1.29, 1.82) is 0 Å². The summed E-state index contributed by atoms with van der Waals surface area (Å²) in [6.07, 6.45) is 1.42. The van der Waals surface area contributed by atoms with Gasteiger partial charge in [-0.25, -0.2) is 5.43 Å². The SMILES string of the molecule is CCOc1cc(C=NNC(=O)CNC(=O)c2cccc(C)c2)ccc1OCC(N)=O. The summed E-state index contributed by atoms with van der Waals surface area (Å²) in [7, 11) is 0. The van der Waals surface area contributed by atoms with E-state index >= 15 is 0 Å². The molecule has 0 aromatic heterocycles. The zero-order valence-electron chi connectivity index (χ0n) is 16.8. The topological polar surface area (TPSA) is 132 Å². The predicted molar refractivity (Wildman–Crippen MR) is 112 cm³/mol. The molecule has 0 unspecified atom stereocenters. The van der Waals surface area contributed by atoms with Gasteiger partial charge in [-0.3, -0.25) is 14.4 Å². The Hall–Kier alpha value is -3.88. The molecule has 0 saturated heterocycles. The van der Waals surface area contributed by atoms with E-state index in [0.29, 0.717) is 29.2 Å². The average Bonchev–Trinajstić information content (AvgIpc) is 2.71. The quantitative estimate of drug-likeness (QED) is 0.398. The summed E-state index contributed by atoms with van der Waals surface area (Å²) >= 11 is 0. The molecule has 4 N–H and O–H groups in total. The van der Waals surface area contributed by atoms with Crippen LogP contribution < -0.4 is 25.9 Å². The molecule has 30 heavy (non-hydrogen) atoms. The van der Waals surface area contributed by atoms with Gasteiger partial charge in [0.15, 0.2) is 18.1 Å². The van der Waals surface area contributed by atoms with Gasteiger partial charge in [-0.15, -0.1) is 0 Å². The van der Waals surface area contributed by atoms with Gasteiger partial charge in [-0.1, -0.05) is 17.7 Å². The van der Waals surface area contributed by atoms with Gasteiger partial charge in [0.2, 0.25) is 0 Å². The summed E-state index contributed by atoms with van der Waals surface area (Å²) in [6, 6.07) is 12.0. The highest BCUT2D eigenvalue weighted by Crippen LogP contribution is 2.27. The third-order valence-corrected chi connectivity index (χ3v) is 3.73. The monoisotopic (exact) mass is 412 g/mol.